The summed E-state index contributed by atoms with van der Waals surface area (Å²) < 4.78 is 17.4. The molecule has 0 unspecified atom stereocenters. The molecule has 1 aromatic carbocycles. The average molecular weight is 348 g/mol. The van der Waals surface area contributed by atoms with Gasteiger partial charge in [0.15, 0.2) is 11.5 Å². The minimum absolute atomic E-state index is 0.0172. The van der Waals surface area contributed by atoms with Crippen molar-refractivity contribution in [3.63, 3.8) is 0 Å². The van der Waals surface area contributed by atoms with Crippen molar-refractivity contribution in [2.75, 3.05) is 32.8 Å². The van der Waals surface area contributed by atoms with E-state index in [9.17, 15) is 4.79 Å². The van der Waals surface area contributed by atoms with Gasteiger partial charge in [-0.15, -0.1) is 0 Å². The first kappa shape index (κ1) is 18.0. The standard InChI is InChI=1S/C19H28N2O4/c1-13(2)11-21-8-9-23-15(12-21)10-20-19(22)18-14(3)24-16-6-4-5-7-17(16)25-18/h4-7,13-15,18H,8-12H2,1-3H3,(H,20,22)/t14-,15-,18-/m1/s1. The molecule has 2 aliphatic heterocycles. The molecule has 6 heteroatoms. The number of carbonyl (C=O) groups is 1. The summed E-state index contributed by atoms with van der Waals surface area (Å²) >= 11 is 0. The molecular formula is C19H28N2O4. The fourth-order valence-electron chi connectivity index (χ4n) is 3.31. The van der Waals surface area contributed by atoms with Crippen LogP contribution < -0.4 is 14.8 Å². The molecule has 2 aliphatic rings. The summed E-state index contributed by atoms with van der Waals surface area (Å²) in [6.07, 6.45) is -0.964. The van der Waals surface area contributed by atoms with E-state index in [0.29, 0.717) is 30.6 Å². The highest BCUT2D eigenvalue weighted by Gasteiger charge is 2.34. The van der Waals surface area contributed by atoms with Crippen molar-refractivity contribution in [2.45, 2.75) is 39.1 Å². The Morgan fingerprint density at radius 1 is 1.28 bits per heavy atom. The molecule has 1 N–H and O–H groups in total. The van der Waals surface area contributed by atoms with Crippen LogP contribution >= 0.6 is 0 Å². The number of ether oxygens (including phenoxy) is 3. The highest BCUT2D eigenvalue weighted by Crippen LogP contribution is 2.33. The minimum Gasteiger partial charge on any atom is -0.482 e. The maximum absolute atomic E-state index is 12.5. The smallest absolute Gasteiger partial charge is 0.265 e. The molecular weight excluding hydrogens is 320 g/mol. The summed E-state index contributed by atoms with van der Waals surface area (Å²) in [4.78, 5) is 14.9. The van der Waals surface area contributed by atoms with Gasteiger partial charge in [0.05, 0.1) is 12.7 Å². The van der Waals surface area contributed by atoms with E-state index in [1.807, 2.05) is 31.2 Å². The van der Waals surface area contributed by atoms with Gasteiger partial charge in [-0.1, -0.05) is 26.0 Å². The monoisotopic (exact) mass is 348 g/mol. The molecule has 1 saturated heterocycles. The first-order chi connectivity index (χ1) is 12.0. The van der Waals surface area contributed by atoms with E-state index in [4.69, 9.17) is 14.2 Å². The molecule has 6 nitrogen and oxygen atoms in total. The minimum atomic E-state index is -0.648. The number of benzene rings is 1. The number of nitrogens with one attached hydrogen (secondary N) is 1. The molecule has 0 aliphatic carbocycles. The molecule has 1 fully saturated rings. The number of nitrogens with zero attached hydrogens (tertiary/aromatic N) is 1. The second-order valence-electron chi connectivity index (χ2n) is 7.20. The molecule has 25 heavy (non-hydrogen) atoms. The van der Waals surface area contributed by atoms with E-state index in [1.54, 1.807) is 0 Å². The quantitative estimate of drug-likeness (QED) is 0.877. The summed E-state index contributed by atoms with van der Waals surface area (Å²) in [5.41, 5.74) is 0. The average Bonchev–Trinajstić information content (AvgIpc) is 2.59. The molecule has 3 atom stereocenters. The van der Waals surface area contributed by atoms with Crippen molar-refractivity contribution >= 4 is 5.91 Å². The van der Waals surface area contributed by atoms with Crippen molar-refractivity contribution in [1.82, 2.24) is 10.2 Å². The van der Waals surface area contributed by atoms with E-state index in [1.165, 1.54) is 0 Å². The Morgan fingerprint density at radius 3 is 2.72 bits per heavy atom. The number of morpholine rings is 1. The zero-order valence-electron chi connectivity index (χ0n) is 15.2. The van der Waals surface area contributed by atoms with Crippen LogP contribution in [0.25, 0.3) is 0 Å². The molecule has 0 bridgehead atoms. The maximum Gasteiger partial charge on any atom is 0.265 e. The number of carbonyl (C=O) groups excluding carboxylic acids is 1. The van der Waals surface area contributed by atoms with Gasteiger partial charge in [-0.2, -0.15) is 0 Å². The summed E-state index contributed by atoms with van der Waals surface area (Å²) in [6.45, 7) is 10.3. The van der Waals surface area contributed by atoms with E-state index in [-0.39, 0.29) is 18.1 Å². The lowest BCUT2D eigenvalue weighted by Crippen LogP contribution is -2.53. The van der Waals surface area contributed by atoms with Gasteiger partial charge < -0.3 is 19.5 Å². The van der Waals surface area contributed by atoms with E-state index in [0.717, 1.165) is 19.6 Å². The Morgan fingerprint density at radius 2 is 2.00 bits per heavy atom. The number of hydrogen-bond acceptors (Lipinski definition) is 5. The van der Waals surface area contributed by atoms with E-state index in [2.05, 4.69) is 24.1 Å². The first-order valence-corrected chi connectivity index (χ1v) is 9.07. The molecule has 0 aromatic heterocycles. The predicted molar refractivity (Wildman–Crippen MR) is 95.0 cm³/mol. The lowest BCUT2D eigenvalue weighted by Gasteiger charge is -2.35. The first-order valence-electron chi connectivity index (χ1n) is 9.07. The maximum atomic E-state index is 12.5. The van der Waals surface area contributed by atoms with Gasteiger partial charge in [-0.05, 0) is 25.0 Å². The van der Waals surface area contributed by atoms with Gasteiger partial charge in [0.25, 0.3) is 5.91 Å². The van der Waals surface area contributed by atoms with Crippen molar-refractivity contribution in [1.29, 1.82) is 0 Å². The van der Waals surface area contributed by atoms with E-state index < -0.39 is 6.10 Å². The van der Waals surface area contributed by atoms with Gasteiger partial charge in [0.2, 0.25) is 6.10 Å². The van der Waals surface area contributed by atoms with Crippen LogP contribution in [0.5, 0.6) is 11.5 Å². The van der Waals surface area contributed by atoms with Crippen LogP contribution in [-0.4, -0.2) is 61.9 Å². The number of rotatable bonds is 5. The Kier molecular flexibility index (Phi) is 5.81. The lowest BCUT2D eigenvalue weighted by molar-refractivity contribution is -0.134. The van der Waals surface area contributed by atoms with Gasteiger partial charge in [-0.3, -0.25) is 9.69 Å². The number of para-hydroxylation sites is 2. The third-order valence-electron chi connectivity index (χ3n) is 4.45. The summed E-state index contributed by atoms with van der Waals surface area (Å²) in [7, 11) is 0. The summed E-state index contributed by atoms with van der Waals surface area (Å²) in [6, 6.07) is 7.42. The molecule has 1 amide bonds. The SMILES string of the molecule is CC(C)CN1CCO[C@H](CNC(=O)[C@@H]2Oc3ccccc3O[C@@H]2C)C1. The van der Waals surface area contributed by atoms with Crippen LogP contribution in [0.15, 0.2) is 24.3 Å². The van der Waals surface area contributed by atoms with Gasteiger partial charge in [0.1, 0.15) is 6.10 Å². The van der Waals surface area contributed by atoms with Crippen molar-refractivity contribution in [3.05, 3.63) is 24.3 Å². The van der Waals surface area contributed by atoms with Crippen LogP contribution in [0.2, 0.25) is 0 Å². The Bertz CT molecular complexity index is 593. The van der Waals surface area contributed by atoms with Gasteiger partial charge in [-0.25, -0.2) is 0 Å². The fraction of sp³-hybridized carbons (Fsp3) is 0.632. The second-order valence-corrected chi connectivity index (χ2v) is 7.20. The van der Waals surface area contributed by atoms with Crippen LogP contribution in [0.4, 0.5) is 0 Å². The molecule has 138 valence electrons. The van der Waals surface area contributed by atoms with E-state index >= 15 is 0 Å². The normalized spacial score (nSPS) is 26.5. The van der Waals surface area contributed by atoms with Crippen molar-refractivity contribution < 1.29 is 19.0 Å². The molecule has 1 aromatic rings. The zero-order chi connectivity index (χ0) is 17.8. The Balaban J connectivity index is 1.51. The zero-order valence-corrected chi connectivity index (χ0v) is 15.2. The highest BCUT2D eigenvalue weighted by atomic mass is 16.6. The predicted octanol–water partition coefficient (Wildman–Crippen LogP) is 1.69. The summed E-state index contributed by atoms with van der Waals surface area (Å²) in [5, 5.41) is 2.96. The number of amides is 1. The van der Waals surface area contributed by atoms with Crippen LogP contribution in [0.3, 0.4) is 0 Å². The Labute approximate surface area is 149 Å². The summed E-state index contributed by atoms with van der Waals surface area (Å²) in [5.74, 6) is 1.75. The van der Waals surface area contributed by atoms with Crippen LogP contribution in [0, 0.1) is 5.92 Å². The molecule has 0 saturated carbocycles. The molecule has 0 radical (unpaired) electrons. The second kappa shape index (κ2) is 8.06. The molecule has 2 heterocycles. The fourth-order valence-corrected chi connectivity index (χ4v) is 3.31. The van der Waals surface area contributed by atoms with Gasteiger partial charge >= 0.3 is 0 Å². The van der Waals surface area contributed by atoms with Crippen molar-refractivity contribution in [3.8, 4) is 11.5 Å². The largest absolute Gasteiger partial charge is 0.482 e. The molecule has 0 spiro atoms. The highest BCUT2D eigenvalue weighted by molar-refractivity contribution is 5.82. The van der Waals surface area contributed by atoms with Crippen molar-refractivity contribution in [2.24, 2.45) is 5.92 Å². The third-order valence-corrected chi connectivity index (χ3v) is 4.45. The third kappa shape index (κ3) is 4.64. The van der Waals surface area contributed by atoms with Gasteiger partial charge in [0, 0.05) is 26.2 Å². The number of hydrogen-bond donors (Lipinski definition) is 1. The number of fused-ring (bicyclic) bond motifs is 1. The molecule has 3 rings (SSSR count). The Hall–Kier alpha value is -1.79. The lowest BCUT2D eigenvalue weighted by atomic mass is 10.1. The van der Waals surface area contributed by atoms with Crippen LogP contribution in [-0.2, 0) is 9.53 Å². The van der Waals surface area contributed by atoms with Crippen LogP contribution in [0.1, 0.15) is 20.8 Å². The topological polar surface area (TPSA) is 60.0 Å².